The van der Waals surface area contributed by atoms with Gasteiger partial charge in [-0.25, -0.2) is 9.78 Å². The molecule has 2 N–H and O–H groups in total. The van der Waals surface area contributed by atoms with Crippen LogP contribution in [-0.4, -0.2) is 28.5 Å². The quantitative estimate of drug-likeness (QED) is 0.728. The number of nitrogens with zero attached hydrogens (tertiary/aromatic N) is 1. The van der Waals surface area contributed by atoms with Gasteiger partial charge >= 0.3 is 5.97 Å². The van der Waals surface area contributed by atoms with E-state index in [-0.39, 0.29) is 11.6 Å². The van der Waals surface area contributed by atoms with Gasteiger partial charge in [-0.3, -0.25) is 4.79 Å². The van der Waals surface area contributed by atoms with Crippen molar-refractivity contribution in [2.24, 2.45) is 0 Å². The molecule has 0 saturated carbocycles. The number of carboxylic acid groups (broad SMARTS) is 1. The summed E-state index contributed by atoms with van der Waals surface area (Å²) in [6.07, 6.45) is 0.473. The smallest absolute Gasteiger partial charge is 0.355 e. The summed E-state index contributed by atoms with van der Waals surface area (Å²) in [5.41, 5.74) is 3.67. The summed E-state index contributed by atoms with van der Waals surface area (Å²) in [7, 11) is 0. The van der Waals surface area contributed by atoms with Crippen molar-refractivity contribution in [1.29, 1.82) is 0 Å². The molecule has 2 aromatic heterocycles. The average molecular weight is 358 g/mol. The maximum atomic E-state index is 12.4. The number of carbonyl (C=O) groups is 2. The number of nitrogens with one attached hydrogen (secondary N) is 1. The predicted molar refractivity (Wildman–Crippen MR) is 95.5 cm³/mol. The van der Waals surface area contributed by atoms with E-state index in [1.165, 1.54) is 16.7 Å². The minimum atomic E-state index is -1.05. The highest BCUT2D eigenvalue weighted by Gasteiger charge is 2.19. The van der Waals surface area contributed by atoms with Gasteiger partial charge in [0.1, 0.15) is 5.58 Å². The molecule has 3 aromatic rings. The topological polar surface area (TPSA) is 92.4 Å². The molecular formula is C18H18N2O4S. The maximum Gasteiger partial charge on any atom is 0.355 e. The van der Waals surface area contributed by atoms with Crippen molar-refractivity contribution in [2.45, 2.75) is 27.2 Å². The van der Waals surface area contributed by atoms with Crippen molar-refractivity contribution >= 4 is 34.2 Å². The number of thiazole rings is 1. The minimum Gasteiger partial charge on any atom is -0.476 e. The first-order valence-corrected chi connectivity index (χ1v) is 8.71. The van der Waals surface area contributed by atoms with Crippen LogP contribution in [-0.2, 0) is 6.42 Å². The first-order chi connectivity index (χ1) is 11.9. The number of aromatic carboxylic acids is 1. The fourth-order valence-electron chi connectivity index (χ4n) is 2.78. The highest BCUT2D eigenvalue weighted by molar-refractivity contribution is 7.09. The van der Waals surface area contributed by atoms with Crippen LogP contribution < -0.4 is 5.32 Å². The minimum absolute atomic E-state index is 0.0328. The molecule has 0 unspecified atom stereocenters. The lowest BCUT2D eigenvalue weighted by Crippen LogP contribution is -2.25. The van der Waals surface area contributed by atoms with E-state index in [1.807, 2.05) is 32.9 Å². The summed E-state index contributed by atoms with van der Waals surface area (Å²) in [6.45, 7) is 6.19. The molecule has 6 nitrogen and oxygen atoms in total. The zero-order chi connectivity index (χ0) is 18.1. The van der Waals surface area contributed by atoms with Crippen molar-refractivity contribution in [3.8, 4) is 0 Å². The third kappa shape index (κ3) is 3.28. The lowest BCUT2D eigenvalue weighted by atomic mass is 10.0. The molecule has 0 spiro atoms. The van der Waals surface area contributed by atoms with Gasteiger partial charge < -0.3 is 14.8 Å². The van der Waals surface area contributed by atoms with Gasteiger partial charge in [-0.05, 0) is 31.9 Å². The predicted octanol–water partition coefficient (Wildman–Crippen LogP) is 3.49. The Kier molecular flexibility index (Phi) is 4.59. The fourth-order valence-corrected chi connectivity index (χ4v) is 3.55. The highest BCUT2D eigenvalue weighted by atomic mass is 32.1. The number of furan rings is 1. The monoisotopic (exact) mass is 358 g/mol. The Labute approximate surface area is 148 Å². The molecule has 0 aliphatic rings. The zero-order valence-electron chi connectivity index (χ0n) is 14.2. The third-order valence-electron chi connectivity index (χ3n) is 4.08. The largest absolute Gasteiger partial charge is 0.476 e. The molecule has 0 radical (unpaired) electrons. The third-order valence-corrected chi connectivity index (χ3v) is 4.99. The van der Waals surface area contributed by atoms with Crippen LogP contribution in [0.4, 0.5) is 0 Å². The second-order valence-electron chi connectivity index (χ2n) is 5.90. The maximum absolute atomic E-state index is 12.4. The van der Waals surface area contributed by atoms with Crippen LogP contribution >= 0.6 is 11.3 Å². The van der Waals surface area contributed by atoms with Gasteiger partial charge in [0, 0.05) is 29.3 Å². The second kappa shape index (κ2) is 6.68. The summed E-state index contributed by atoms with van der Waals surface area (Å²) >= 11 is 1.27. The van der Waals surface area contributed by atoms with Gasteiger partial charge in [-0.1, -0.05) is 12.1 Å². The number of hydrogen-bond donors (Lipinski definition) is 2. The lowest BCUT2D eigenvalue weighted by Gasteiger charge is -2.02. The number of carbonyl (C=O) groups excluding carboxylic acids is 1. The number of aromatic nitrogens is 1. The van der Waals surface area contributed by atoms with Crippen molar-refractivity contribution in [2.75, 3.05) is 6.54 Å². The molecule has 1 amide bonds. The van der Waals surface area contributed by atoms with E-state index in [9.17, 15) is 9.59 Å². The van der Waals surface area contributed by atoms with Gasteiger partial charge in [-0.15, -0.1) is 11.3 Å². The molecule has 0 atom stereocenters. The Morgan fingerprint density at radius 1 is 1.24 bits per heavy atom. The van der Waals surface area contributed by atoms with Gasteiger partial charge in [0.25, 0.3) is 5.91 Å². The number of amides is 1. The first-order valence-electron chi connectivity index (χ1n) is 7.83. The molecule has 0 aliphatic heterocycles. The van der Waals surface area contributed by atoms with E-state index in [0.717, 1.165) is 27.7 Å². The van der Waals surface area contributed by atoms with Crippen LogP contribution in [0.25, 0.3) is 11.0 Å². The Bertz CT molecular complexity index is 971. The fraction of sp³-hybridized carbons (Fsp3) is 0.278. The Morgan fingerprint density at radius 2 is 1.96 bits per heavy atom. The van der Waals surface area contributed by atoms with E-state index < -0.39 is 5.97 Å². The molecular weight excluding hydrogens is 340 g/mol. The van der Waals surface area contributed by atoms with E-state index in [0.29, 0.717) is 23.7 Å². The summed E-state index contributed by atoms with van der Waals surface area (Å²) < 4.78 is 5.81. The Hall–Kier alpha value is -2.67. The van der Waals surface area contributed by atoms with Crippen LogP contribution in [0.3, 0.4) is 0 Å². The van der Waals surface area contributed by atoms with Crippen molar-refractivity contribution in [3.63, 3.8) is 0 Å². The van der Waals surface area contributed by atoms with E-state index in [1.54, 1.807) is 0 Å². The van der Waals surface area contributed by atoms with Crippen molar-refractivity contribution in [1.82, 2.24) is 10.3 Å². The standard InChI is InChI=1S/C18H18N2O4S/c1-9-4-5-10(2)15-14(9)11(3)16(24-15)17(21)19-7-6-13-20-12(8-25-13)18(22)23/h4-5,8H,6-7H2,1-3H3,(H,19,21)(H,22,23). The molecule has 0 saturated heterocycles. The Balaban J connectivity index is 1.72. The molecule has 0 bridgehead atoms. The van der Waals surface area contributed by atoms with Gasteiger partial charge in [-0.2, -0.15) is 0 Å². The lowest BCUT2D eigenvalue weighted by molar-refractivity contribution is 0.0690. The SMILES string of the molecule is Cc1ccc(C)c2c(C)c(C(=O)NCCc3nc(C(=O)O)cs3)oc12. The zero-order valence-corrected chi connectivity index (χ0v) is 15.0. The second-order valence-corrected chi connectivity index (χ2v) is 6.84. The molecule has 0 fully saturated rings. The van der Waals surface area contributed by atoms with Crippen molar-refractivity contribution < 1.29 is 19.1 Å². The number of aryl methyl sites for hydroxylation is 3. The van der Waals surface area contributed by atoms with E-state index in [2.05, 4.69) is 10.3 Å². The molecule has 0 aliphatic carbocycles. The van der Waals surface area contributed by atoms with Crippen LogP contribution in [0.1, 0.15) is 42.7 Å². The summed E-state index contributed by atoms with van der Waals surface area (Å²) in [5, 5.41) is 14.8. The number of carboxylic acids is 1. The van der Waals surface area contributed by atoms with Crippen LogP contribution in [0.2, 0.25) is 0 Å². The number of fused-ring (bicyclic) bond motifs is 1. The number of rotatable bonds is 5. The van der Waals surface area contributed by atoms with Gasteiger partial charge in [0.2, 0.25) is 0 Å². The van der Waals surface area contributed by atoms with Crippen molar-refractivity contribution in [3.05, 3.63) is 50.7 Å². The van der Waals surface area contributed by atoms with Crippen LogP contribution in [0.5, 0.6) is 0 Å². The molecule has 2 heterocycles. The first kappa shape index (κ1) is 17.2. The number of benzene rings is 1. The normalized spacial score (nSPS) is 11.0. The van der Waals surface area contributed by atoms with E-state index >= 15 is 0 Å². The van der Waals surface area contributed by atoms with E-state index in [4.69, 9.17) is 9.52 Å². The van der Waals surface area contributed by atoms with Crippen LogP contribution in [0, 0.1) is 20.8 Å². The van der Waals surface area contributed by atoms with Crippen LogP contribution in [0.15, 0.2) is 21.9 Å². The Morgan fingerprint density at radius 3 is 2.60 bits per heavy atom. The number of hydrogen-bond acceptors (Lipinski definition) is 5. The summed E-state index contributed by atoms with van der Waals surface area (Å²) in [4.78, 5) is 27.3. The molecule has 7 heteroatoms. The van der Waals surface area contributed by atoms with Gasteiger partial charge in [0.15, 0.2) is 11.5 Å². The summed E-state index contributed by atoms with van der Waals surface area (Å²) in [6, 6.07) is 4.00. The highest BCUT2D eigenvalue weighted by Crippen LogP contribution is 2.30. The molecule has 130 valence electrons. The summed E-state index contributed by atoms with van der Waals surface area (Å²) in [5.74, 6) is -1.00. The average Bonchev–Trinajstić information content (AvgIpc) is 3.16. The molecule has 1 aromatic carbocycles. The molecule has 3 rings (SSSR count). The molecule has 25 heavy (non-hydrogen) atoms. The van der Waals surface area contributed by atoms with Gasteiger partial charge in [0.05, 0.1) is 5.01 Å².